The minimum absolute atomic E-state index is 0. The summed E-state index contributed by atoms with van der Waals surface area (Å²) in [5, 5.41) is 17.1. The van der Waals surface area contributed by atoms with Gasteiger partial charge in [0.25, 0.3) is 5.85 Å². The van der Waals surface area contributed by atoms with Crippen molar-refractivity contribution in [1.82, 2.24) is 0 Å². The molecule has 0 fully saturated rings. The Morgan fingerprint density at radius 2 is 0.664 bits per heavy atom. The zero-order valence-electron chi connectivity index (χ0n) is 63.1. The van der Waals surface area contributed by atoms with E-state index in [1.54, 1.807) is 172 Å². The number of hydrogen-bond donors (Lipinski definition) is 3. The van der Waals surface area contributed by atoms with Crippen LogP contribution in [-0.4, -0.2) is 124 Å². The number of esters is 3. The Kier molecular flexibility index (Phi) is 65.8. The Morgan fingerprint density at radius 3 is 0.894 bits per heavy atom. The van der Waals surface area contributed by atoms with Gasteiger partial charge < -0.3 is 66.7 Å². The summed E-state index contributed by atoms with van der Waals surface area (Å²) in [7, 11) is -6.69. The van der Waals surface area contributed by atoms with Crippen molar-refractivity contribution >= 4 is 131 Å². The normalized spacial score (nSPS) is 12.9. The van der Waals surface area contributed by atoms with Crippen LogP contribution in [0.1, 0.15) is 41.5 Å². The van der Waals surface area contributed by atoms with Crippen molar-refractivity contribution in [3.63, 3.8) is 0 Å². The molecule has 7 rings (SSSR count). The third-order valence-electron chi connectivity index (χ3n) is 11.2. The molecule has 0 bridgehead atoms. The summed E-state index contributed by atoms with van der Waals surface area (Å²) in [5.74, 6) is -1.65. The van der Waals surface area contributed by atoms with Gasteiger partial charge in [-0.3, -0.25) is 18.2 Å². The summed E-state index contributed by atoms with van der Waals surface area (Å²) < 4.78 is 136. The van der Waals surface area contributed by atoms with E-state index in [1.165, 1.54) is 51.2 Å². The standard InChI is InChI=1S/C15H15O3P.C14H19O5P.C13H17O6P.C9H10ClO2P.C9H11O3P.C6H6O.C5H10O3.C3H5Cl2OP.Cl2OS.Na.H2O/c1-2-13-19(16,17-14-9-5-3-6-10-14)18-15-11-7-4-8-12-15;1-4-11-20(16,18-12(3)14(15)17-5-2)19-13-9-7-6-8-10-13;1-3-17-13(15)11(2)18-20(16,10-9-14)19-12-7-5-4-6-8-12;2*1-2-8-13(10,11)12-9-6-4-3-5-7-9;7-6-4-2-1-3-5-6;1-3-8-5(7)4(2)6;1-2-3-7(4,5)6;1-4(2)3;;/h2-12H,1,13H2;4,6-10,12H,1,5,11H2,2-3H3;4-9,11H,3,10H2,1-2H3;2-7H,1,8H2;2-7H,1,8H2,(H,10,11);1-5,7H;4,6H,3H2,1-2H3;2H,1,3H2;;;1H2/q;;;;;;;;;+1;/p-1/t;12-,20?;11-,20?;;;;4-;;;;/m.00...1..../s1. The van der Waals surface area contributed by atoms with Crippen LogP contribution in [0.3, 0.4) is 0 Å². The Labute approximate surface area is 709 Å². The molecule has 7 aromatic carbocycles. The number of halogens is 5. The molecule has 7 aromatic rings. The zero-order chi connectivity index (χ0) is 84.2. The second-order valence-electron chi connectivity index (χ2n) is 20.7. The summed E-state index contributed by atoms with van der Waals surface area (Å²) >= 11 is 15.8. The van der Waals surface area contributed by atoms with Gasteiger partial charge in [0.05, 0.1) is 44.5 Å². The molecule has 4 unspecified atom stereocenters. The monoisotopic (exact) mass is 1810 g/mol. The van der Waals surface area contributed by atoms with Crippen molar-refractivity contribution in [2.45, 2.75) is 59.9 Å². The van der Waals surface area contributed by atoms with Crippen molar-refractivity contribution in [2.24, 2.45) is 0 Å². The van der Waals surface area contributed by atoms with Crippen LogP contribution >= 0.6 is 98.0 Å². The fourth-order valence-corrected chi connectivity index (χ4v) is 14.3. The van der Waals surface area contributed by atoms with E-state index in [4.69, 9.17) is 93.8 Å². The maximum Gasteiger partial charge on any atom is 1.00 e. The number of phenolic OH excluding ortho intramolecular Hbond substituents is 1. The van der Waals surface area contributed by atoms with Gasteiger partial charge >= 0.3 is 84.6 Å². The molecule has 618 valence electrons. The van der Waals surface area contributed by atoms with Crippen LogP contribution in [-0.2, 0) is 79.1 Å². The largest absolute Gasteiger partial charge is 1.00 e. The average molecular weight is 1820 g/mol. The number of benzene rings is 7. The predicted octanol–water partition coefficient (Wildman–Crippen LogP) is 18.5. The molecule has 39 heteroatoms. The van der Waals surface area contributed by atoms with E-state index >= 15 is 0 Å². The second-order valence-corrected chi connectivity index (χ2v) is 39.5. The molecule has 0 spiro atoms. The topological polar surface area (TPSA) is 380 Å². The van der Waals surface area contributed by atoms with Crippen LogP contribution in [0.5, 0.6) is 40.2 Å². The number of aliphatic hydroxyl groups is 1. The number of rotatable bonds is 34. The summed E-state index contributed by atoms with van der Waals surface area (Å²) in [6.45, 7) is 24.2. The summed E-state index contributed by atoms with van der Waals surface area (Å²) in [5.41, 5.74) is 0. The van der Waals surface area contributed by atoms with Gasteiger partial charge in [-0.2, -0.15) is 0 Å². The van der Waals surface area contributed by atoms with Gasteiger partial charge in [-0.1, -0.05) is 158 Å². The van der Waals surface area contributed by atoms with E-state index in [2.05, 4.69) is 59.0 Å². The van der Waals surface area contributed by atoms with Gasteiger partial charge in [-0.15, -0.1) is 32.9 Å². The van der Waals surface area contributed by atoms with Gasteiger partial charge in [0.15, 0.2) is 12.2 Å². The fourth-order valence-electron chi connectivity index (χ4n) is 6.88. The zero-order valence-corrected chi connectivity index (χ0v) is 75.0. The molecule has 113 heavy (non-hydrogen) atoms. The van der Waals surface area contributed by atoms with Gasteiger partial charge in [-0.25, -0.2) is 36.9 Å². The van der Waals surface area contributed by atoms with Crippen molar-refractivity contribution < 1.29 is 151 Å². The molecule has 0 aliphatic heterocycles. The number of hydrogen-bond acceptors (Lipinski definition) is 25. The fraction of sp³-hybridized carbons (Fsp3) is 0.243. The predicted molar refractivity (Wildman–Crippen MR) is 447 cm³/mol. The number of carbonyl (C=O) groups excluding carboxylic acids is 4. The molecule has 7 atom stereocenters. The SMILES string of the molecule is C=CCP(=O)(Cl)Cl.C=CCP(=O)(Cl)Oc1ccccc1.C=CCP(=O)(O)Oc1ccccc1.C=CCP(=O)(Oc1ccccc1)O[C@@H](C)C(=O)OCC.C=CCP(=O)(Oc1ccccc1)Oc1ccccc1.CCOC(=O)[C@@H](C)O.CCOC(=O)[C@H](C)OP(=O)(CC=O)Oc1ccccc1.O=S(Cl)Cl.Oc1ccccc1.[Na+].[OH-]. The number of aliphatic hydroxyl groups excluding tert-OH is 1. The van der Waals surface area contributed by atoms with Crippen LogP contribution in [0.2, 0.25) is 0 Å². The van der Waals surface area contributed by atoms with Crippen molar-refractivity contribution in [2.75, 3.05) is 56.8 Å². The third kappa shape index (κ3) is 62.6. The molecular weight excluding hydrogens is 1720 g/mol. The maximum absolute atomic E-state index is 12.6. The number of allylic oxidation sites excluding steroid dienone is 5. The van der Waals surface area contributed by atoms with Crippen LogP contribution in [0, 0.1) is 0 Å². The Balaban J connectivity index is -0.000000610. The first kappa shape index (κ1) is 113. The average Bonchev–Trinajstić information content (AvgIpc) is 0.861. The Bertz CT molecular complexity index is 3900. The van der Waals surface area contributed by atoms with Gasteiger partial charge in [0.2, 0.25) is 9.23 Å². The molecule has 0 saturated carbocycles. The molecule has 4 N–H and O–H groups in total. The second kappa shape index (κ2) is 65.8. The minimum atomic E-state index is -3.74. The molecule has 0 aromatic heterocycles. The maximum atomic E-state index is 12.6. The molecule has 0 heterocycles. The van der Waals surface area contributed by atoms with Crippen LogP contribution < -0.4 is 56.7 Å². The number of phenols is 1. The first-order valence-corrected chi connectivity index (χ1v) is 48.9. The van der Waals surface area contributed by atoms with Crippen LogP contribution in [0.15, 0.2) is 276 Å². The Morgan fingerprint density at radius 1 is 0.416 bits per heavy atom. The Hall–Kier alpha value is -6.30. The van der Waals surface area contributed by atoms with E-state index in [0.29, 0.717) is 53.1 Å². The minimum Gasteiger partial charge on any atom is -0.870 e. The first-order valence-electron chi connectivity index (χ1n) is 32.7. The van der Waals surface area contributed by atoms with E-state index in [9.17, 15) is 51.5 Å². The van der Waals surface area contributed by atoms with Crippen LogP contribution in [0.4, 0.5) is 0 Å². The number of carbonyl (C=O) groups is 4. The van der Waals surface area contributed by atoms with Crippen molar-refractivity contribution in [1.29, 1.82) is 0 Å². The smallest absolute Gasteiger partial charge is 0.870 e. The molecule has 26 nitrogen and oxygen atoms in total. The van der Waals surface area contributed by atoms with Crippen molar-refractivity contribution in [3.8, 4) is 40.2 Å². The number of aldehydes is 1. The molecule has 0 saturated heterocycles. The molecule has 0 amide bonds. The van der Waals surface area contributed by atoms with E-state index in [-0.39, 0.29) is 79.1 Å². The molecule has 0 aliphatic rings. The number of ether oxygens (including phenoxy) is 3. The van der Waals surface area contributed by atoms with E-state index < -0.39 is 94.6 Å². The molecule has 0 radical (unpaired) electrons. The van der Waals surface area contributed by atoms with Gasteiger partial charge in [0, 0.05) is 27.5 Å². The van der Waals surface area contributed by atoms with Crippen molar-refractivity contribution in [3.05, 3.63) is 276 Å². The van der Waals surface area contributed by atoms with Crippen LogP contribution in [0.25, 0.3) is 0 Å². The van der Waals surface area contributed by atoms with E-state index in [1.807, 2.05) is 60.7 Å². The molecular formula is C74H94Cl5NaO26P6S. The summed E-state index contributed by atoms with van der Waals surface area (Å²) in [6, 6.07) is 61.0. The number of aromatic hydroxyl groups is 1. The number of para-hydroxylation sites is 7. The third-order valence-corrected chi connectivity index (χ3v) is 21.0. The quantitative estimate of drug-likeness (QED) is 0.00641. The van der Waals surface area contributed by atoms with E-state index in [0.717, 1.165) is 0 Å². The summed E-state index contributed by atoms with van der Waals surface area (Å²) in [6.07, 6.45) is 4.68. The van der Waals surface area contributed by atoms with Gasteiger partial charge in [-0.05, 0) is 160 Å². The molecule has 0 aliphatic carbocycles. The van der Waals surface area contributed by atoms with Gasteiger partial charge in [0.1, 0.15) is 58.8 Å². The summed E-state index contributed by atoms with van der Waals surface area (Å²) in [4.78, 5) is 53.1. The first-order chi connectivity index (χ1) is 52.4.